The molecule has 144 valence electrons. The quantitative estimate of drug-likeness (QED) is 0.336. The van der Waals surface area contributed by atoms with Crippen LogP contribution in [0.3, 0.4) is 0 Å². The van der Waals surface area contributed by atoms with E-state index in [0.717, 1.165) is 4.57 Å². The minimum Gasteiger partial charge on any atom is -0.480 e. The van der Waals surface area contributed by atoms with Gasteiger partial charge in [-0.3, -0.25) is 14.2 Å². The first-order valence-corrected chi connectivity index (χ1v) is 7.62. The van der Waals surface area contributed by atoms with Gasteiger partial charge >= 0.3 is 11.7 Å². The molecule has 0 saturated carbocycles. The molecule has 1 aromatic rings. The zero-order valence-electron chi connectivity index (χ0n) is 13.8. The Hall–Kier alpha value is -2.38. The maximum absolute atomic E-state index is 12.1. The van der Waals surface area contributed by atoms with Gasteiger partial charge in [0, 0.05) is 13.3 Å². The molecule has 1 aromatic heterocycles. The minimum absolute atomic E-state index is 0.0227. The van der Waals surface area contributed by atoms with Crippen LogP contribution in [0.25, 0.3) is 0 Å². The number of aliphatic hydroxyl groups is 2. The van der Waals surface area contributed by atoms with Gasteiger partial charge in [-0.15, -0.1) is 0 Å². The molecule has 12 heteroatoms. The number of rotatable bonds is 7. The van der Waals surface area contributed by atoms with Crippen LogP contribution in [0.2, 0.25) is 0 Å². The summed E-state index contributed by atoms with van der Waals surface area (Å²) >= 11 is 0. The van der Waals surface area contributed by atoms with Crippen molar-refractivity contribution >= 4 is 17.7 Å². The summed E-state index contributed by atoms with van der Waals surface area (Å²) in [5.41, 5.74) is 4.40. The SMILES string of the molecule is COC[C@H]1O[C@@H](n2ccc(NC(=O)C[C@H](N)C(=O)O)nc2=O)[C@H](O)C1O. The van der Waals surface area contributed by atoms with Gasteiger partial charge < -0.3 is 35.8 Å². The number of aliphatic carboxylic acids is 1. The summed E-state index contributed by atoms with van der Waals surface area (Å²) in [7, 11) is 1.40. The van der Waals surface area contributed by atoms with Crippen LogP contribution in [0.5, 0.6) is 0 Å². The van der Waals surface area contributed by atoms with Crippen molar-refractivity contribution in [3.63, 3.8) is 0 Å². The maximum atomic E-state index is 12.1. The van der Waals surface area contributed by atoms with Gasteiger partial charge in [0.1, 0.15) is 30.2 Å². The second-order valence-electron chi connectivity index (χ2n) is 5.70. The standard InChI is InChI=1S/C14H20N4O8/c1-25-5-7-10(20)11(21)12(26-7)18-3-2-8(17-14(18)24)16-9(19)4-6(15)13(22)23/h2-3,6-7,10-12,20-21H,4-5,15H2,1H3,(H,22,23)(H,16,17,19,24)/t6-,7+,10?,11+,12+/m0/s1. The molecule has 5 atom stereocenters. The monoisotopic (exact) mass is 372 g/mol. The van der Waals surface area contributed by atoms with Crippen LogP contribution in [0.4, 0.5) is 5.82 Å². The largest absolute Gasteiger partial charge is 0.480 e. The van der Waals surface area contributed by atoms with Crippen LogP contribution in [-0.4, -0.2) is 74.8 Å². The number of aliphatic hydroxyl groups excluding tert-OH is 2. The highest BCUT2D eigenvalue weighted by Crippen LogP contribution is 2.28. The Labute approximate surface area is 147 Å². The summed E-state index contributed by atoms with van der Waals surface area (Å²) in [6.45, 7) is 0.0227. The van der Waals surface area contributed by atoms with Gasteiger partial charge in [-0.1, -0.05) is 0 Å². The van der Waals surface area contributed by atoms with Crippen LogP contribution in [0, 0.1) is 0 Å². The van der Waals surface area contributed by atoms with E-state index in [-0.39, 0.29) is 12.4 Å². The van der Waals surface area contributed by atoms with Crippen molar-refractivity contribution < 1.29 is 34.4 Å². The molecule has 0 radical (unpaired) electrons. The molecule has 1 amide bonds. The number of anilines is 1. The Bertz CT molecular complexity index is 723. The van der Waals surface area contributed by atoms with Gasteiger partial charge in [0.15, 0.2) is 6.23 Å². The summed E-state index contributed by atoms with van der Waals surface area (Å²) in [4.78, 5) is 38.1. The van der Waals surface area contributed by atoms with Crippen LogP contribution >= 0.6 is 0 Å². The summed E-state index contributed by atoms with van der Waals surface area (Å²) in [6, 6.07) is -0.117. The number of hydrogen-bond acceptors (Lipinski definition) is 9. The van der Waals surface area contributed by atoms with Crippen molar-refractivity contribution in [2.45, 2.75) is 37.0 Å². The van der Waals surface area contributed by atoms with E-state index in [9.17, 15) is 24.6 Å². The van der Waals surface area contributed by atoms with Gasteiger partial charge in [0.2, 0.25) is 5.91 Å². The van der Waals surface area contributed by atoms with Crippen molar-refractivity contribution in [1.82, 2.24) is 9.55 Å². The Morgan fingerprint density at radius 1 is 1.46 bits per heavy atom. The average Bonchev–Trinajstić information content (AvgIpc) is 2.83. The van der Waals surface area contributed by atoms with Crippen LogP contribution in [-0.2, 0) is 19.1 Å². The van der Waals surface area contributed by atoms with E-state index in [4.69, 9.17) is 20.3 Å². The molecule has 1 saturated heterocycles. The molecule has 0 aromatic carbocycles. The lowest BCUT2D eigenvalue weighted by atomic mass is 10.1. The highest BCUT2D eigenvalue weighted by atomic mass is 16.6. The third-order valence-corrected chi connectivity index (χ3v) is 3.76. The first-order chi connectivity index (χ1) is 12.2. The second kappa shape index (κ2) is 8.33. The van der Waals surface area contributed by atoms with E-state index < -0.39 is 54.6 Å². The number of methoxy groups -OCH3 is 1. The molecular weight excluding hydrogens is 352 g/mol. The number of carbonyl (C=O) groups is 2. The third kappa shape index (κ3) is 4.42. The number of nitrogens with two attached hydrogens (primary N) is 1. The number of aromatic nitrogens is 2. The molecule has 0 aliphatic carbocycles. The zero-order chi connectivity index (χ0) is 19.4. The molecule has 1 fully saturated rings. The van der Waals surface area contributed by atoms with E-state index in [1.54, 1.807) is 0 Å². The van der Waals surface area contributed by atoms with Gasteiger partial charge in [0.05, 0.1) is 13.0 Å². The van der Waals surface area contributed by atoms with Gasteiger partial charge in [-0.2, -0.15) is 4.98 Å². The van der Waals surface area contributed by atoms with Crippen molar-refractivity contribution in [2.75, 3.05) is 19.0 Å². The van der Waals surface area contributed by atoms with Crippen LogP contribution in [0.15, 0.2) is 17.1 Å². The molecule has 2 heterocycles. The number of carbonyl (C=O) groups excluding carboxylic acids is 1. The molecule has 1 aliphatic rings. The topological polar surface area (TPSA) is 186 Å². The van der Waals surface area contributed by atoms with Crippen LogP contribution in [0.1, 0.15) is 12.6 Å². The Kier molecular flexibility index (Phi) is 6.39. The van der Waals surface area contributed by atoms with Gasteiger partial charge in [-0.25, -0.2) is 4.79 Å². The summed E-state index contributed by atoms with van der Waals surface area (Å²) in [5, 5.41) is 30.9. The number of carboxylic acids is 1. The second-order valence-corrected chi connectivity index (χ2v) is 5.70. The van der Waals surface area contributed by atoms with E-state index >= 15 is 0 Å². The zero-order valence-corrected chi connectivity index (χ0v) is 13.8. The number of nitrogens with one attached hydrogen (secondary N) is 1. The average molecular weight is 372 g/mol. The molecule has 12 nitrogen and oxygen atoms in total. The molecule has 0 bridgehead atoms. The number of amides is 1. The van der Waals surface area contributed by atoms with E-state index in [2.05, 4.69) is 10.3 Å². The number of hydrogen-bond donors (Lipinski definition) is 5. The summed E-state index contributed by atoms with van der Waals surface area (Å²) in [5.74, 6) is -2.17. The summed E-state index contributed by atoms with van der Waals surface area (Å²) in [6.07, 6.45) is -3.88. The third-order valence-electron chi connectivity index (χ3n) is 3.76. The smallest absolute Gasteiger partial charge is 0.351 e. The molecule has 2 rings (SSSR count). The van der Waals surface area contributed by atoms with E-state index in [0.29, 0.717) is 0 Å². The predicted octanol–water partition coefficient (Wildman–Crippen LogP) is -2.75. The van der Waals surface area contributed by atoms with Gasteiger partial charge in [-0.05, 0) is 6.07 Å². The molecular formula is C14H20N4O8. The molecule has 1 unspecified atom stereocenters. The van der Waals surface area contributed by atoms with Crippen molar-refractivity contribution in [1.29, 1.82) is 0 Å². The fourth-order valence-electron chi connectivity index (χ4n) is 2.42. The number of nitrogens with zero attached hydrogens (tertiary/aromatic N) is 2. The van der Waals surface area contributed by atoms with Crippen LogP contribution < -0.4 is 16.7 Å². The highest BCUT2D eigenvalue weighted by molar-refractivity contribution is 5.93. The van der Waals surface area contributed by atoms with Crippen molar-refractivity contribution in [3.8, 4) is 0 Å². The molecule has 0 spiro atoms. The Morgan fingerprint density at radius 2 is 2.15 bits per heavy atom. The lowest BCUT2D eigenvalue weighted by molar-refractivity contribution is -0.140. The minimum atomic E-state index is -1.38. The number of carboxylic acid groups (broad SMARTS) is 1. The van der Waals surface area contributed by atoms with Crippen molar-refractivity contribution in [2.24, 2.45) is 5.73 Å². The first kappa shape index (κ1) is 19.9. The molecule has 6 N–H and O–H groups in total. The molecule has 1 aliphatic heterocycles. The predicted molar refractivity (Wildman–Crippen MR) is 85.2 cm³/mol. The van der Waals surface area contributed by atoms with E-state index in [1.165, 1.54) is 19.4 Å². The normalized spacial score (nSPS) is 26.5. The number of ether oxygens (including phenoxy) is 2. The Morgan fingerprint density at radius 3 is 2.73 bits per heavy atom. The van der Waals surface area contributed by atoms with Gasteiger partial charge in [0.25, 0.3) is 0 Å². The Balaban J connectivity index is 2.09. The fourth-order valence-corrected chi connectivity index (χ4v) is 2.42. The highest BCUT2D eigenvalue weighted by Gasteiger charge is 2.44. The van der Waals surface area contributed by atoms with Crippen molar-refractivity contribution in [3.05, 3.63) is 22.7 Å². The van der Waals surface area contributed by atoms with E-state index in [1.807, 2.05) is 0 Å². The molecule has 26 heavy (non-hydrogen) atoms. The summed E-state index contributed by atoms with van der Waals surface area (Å²) < 4.78 is 11.3. The maximum Gasteiger partial charge on any atom is 0.351 e. The lowest BCUT2D eigenvalue weighted by Crippen LogP contribution is -2.37. The fraction of sp³-hybridized carbons (Fsp3) is 0.571. The first-order valence-electron chi connectivity index (χ1n) is 7.62. The lowest BCUT2D eigenvalue weighted by Gasteiger charge is -2.17.